The third kappa shape index (κ3) is 6.80. The monoisotopic (exact) mass is 384 g/mol. The molecule has 0 fully saturated rings. The largest absolute Gasteiger partial charge is 0.493 e. The fourth-order valence-electron chi connectivity index (χ4n) is 2.97. The Labute approximate surface area is 168 Å². The molecular formula is C23H32N2O3. The smallest absolute Gasteiger partial charge is 0.319 e. The maximum atomic E-state index is 12.5. The zero-order valence-electron chi connectivity index (χ0n) is 17.3. The second kappa shape index (κ2) is 11.2. The number of methoxy groups -OCH3 is 1. The van der Waals surface area contributed by atoms with Crippen LogP contribution in [-0.2, 0) is 0 Å². The molecule has 2 aromatic rings. The first-order valence-corrected chi connectivity index (χ1v) is 9.96. The summed E-state index contributed by atoms with van der Waals surface area (Å²) in [4.78, 5) is 12.5. The van der Waals surface area contributed by atoms with Crippen molar-refractivity contribution in [3.05, 3.63) is 54.1 Å². The predicted octanol–water partition coefficient (Wildman–Crippen LogP) is 5.78. The fraction of sp³-hybridized carbons (Fsp3) is 0.435. The number of carbonyl (C=O) groups is 1. The first-order chi connectivity index (χ1) is 13.5. The molecule has 0 heterocycles. The quantitative estimate of drug-likeness (QED) is 0.510. The van der Waals surface area contributed by atoms with Crippen molar-refractivity contribution in [3.8, 4) is 11.5 Å². The Balaban J connectivity index is 1.98. The van der Waals surface area contributed by atoms with Gasteiger partial charge in [-0.3, -0.25) is 0 Å². The maximum Gasteiger partial charge on any atom is 0.319 e. The Kier molecular flexibility index (Phi) is 8.66. The lowest BCUT2D eigenvalue weighted by Gasteiger charge is -2.18. The first kappa shape index (κ1) is 21.6. The molecule has 2 amide bonds. The van der Waals surface area contributed by atoms with Gasteiger partial charge >= 0.3 is 6.03 Å². The molecule has 0 spiro atoms. The molecule has 2 aromatic carbocycles. The highest BCUT2D eigenvalue weighted by atomic mass is 16.5. The van der Waals surface area contributed by atoms with Gasteiger partial charge in [0, 0.05) is 11.8 Å². The van der Waals surface area contributed by atoms with E-state index in [1.165, 1.54) is 0 Å². The third-order valence-electron chi connectivity index (χ3n) is 4.52. The lowest BCUT2D eigenvalue weighted by molar-refractivity contribution is 0.248. The third-order valence-corrected chi connectivity index (χ3v) is 4.52. The predicted molar refractivity (Wildman–Crippen MR) is 114 cm³/mol. The Morgan fingerprint density at radius 1 is 1.07 bits per heavy atom. The summed E-state index contributed by atoms with van der Waals surface area (Å²) in [7, 11) is 1.61. The van der Waals surface area contributed by atoms with Crippen molar-refractivity contribution in [3.63, 3.8) is 0 Å². The van der Waals surface area contributed by atoms with Crippen molar-refractivity contribution in [2.75, 3.05) is 19.0 Å². The number of hydrogen-bond donors (Lipinski definition) is 2. The van der Waals surface area contributed by atoms with Crippen molar-refractivity contribution in [2.45, 2.75) is 46.1 Å². The lowest BCUT2D eigenvalue weighted by Crippen LogP contribution is -2.32. The van der Waals surface area contributed by atoms with E-state index < -0.39 is 0 Å². The van der Waals surface area contributed by atoms with E-state index in [0.717, 1.165) is 24.8 Å². The number of carbonyl (C=O) groups excluding carboxylic acids is 1. The lowest BCUT2D eigenvalue weighted by atomic mass is 10.1. The van der Waals surface area contributed by atoms with E-state index in [4.69, 9.17) is 9.47 Å². The molecule has 1 unspecified atom stereocenters. The fourth-order valence-corrected chi connectivity index (χ4v) is 2.97. The van der Waals surface area contributed by atoms with Gasteiger partial charge < -0.3 is 20.1 Å². The number of ether oxygens (including phenoxy) is 2. The van der Waals surface area contributed by atoms with Crippen LogP contribution in [0.15, 0.2) is 48.5 Å². The van der Waals surface area contributed by atoms with Crippen LogP contribution in [0, 0.1) is 5.92 Å². The van der Waals surface area contributed by atoms with Gasteiger partial charge in [0.05, 0.1) is 19.8 Å². The summed E-state index contributed by atoms with van der Waals surface area (Å²) in [5, 5.41) is 5.91. The Hall–Kier alpha value is -2.69. The van der Waals surface area contributed by atoms with E-state index in [0.29, 0.717) is 29.7 Å². The molecule has 0 bridgehead atoms. The summed E-state index contributed by atoms with van der Waals surface area (Å²) in [6, 6.07) is 15.1. The minimum atomic E-state index is -0.244. The Bertz CT molecular complexity index is 732. The van der Waals surface area contributed by atoms with Crippen molar-refractivity contribution in [1.29, 1.82) is 0 Å². The molecule has 1 atom stereocenters. The topological polar surface area (TPSA) is 59.6 Å². The summed E-state index contributed by atoms with van der Waals surface area (Å²) < 4.78 is 11.2. The molecule has 0 aliphatic rings. The number of hydrogen-bond acceptors (Lipinski definition) is 3. The number of rotatable bonds is 10. The zero-order chi connectivity index (χ0) is 20.4. The van der Waals surface area contributed by atoms with E-state index in [1.807, 2.05) is 42.5 Å². The molecular weight excluding hydrogens is 352 g/mol. The van der Waals surface area contributed by atoms with Crippen molar-refractivity contribution < 1.29 is 14.3 Å². The van der Waals surface area contributed by atoms with Crippen LogP contribution in [0.3, 0.4) is 0 Å². The average molecular weight is 385 g/mol. The number of nitrogens with one attached hydrogen (secondary N) is 2. The van der Waals surface area contributed by atoms with Crippen LogP contribution in [0.25, 0.3) is 0 Å². The van der Waals surface area contributed by atoms with Gasteiger partial charge in [-0.05, 0) is 42.9 Å². The number of urea groups is 1. The van der Waals surface area contributed by atoms with E-state index in [2.05, 4.69) is 31.4 Å². The molecule has 2 N–H and O–H groups in total. The normalized spacial score (nSPS) is 11.8. The van der Waals surface area contributed by atoms with Gasteiger partial charge in [-0.25, -0.2) is 4.79 Å². The number of anilines is 1. The van der Waals surface area contributed by atoms with Crippen LogP contribution in [-0.4, -0.2) is 19.7 Å². The Morgan fingerprint density at radius 3 is 2.46 bits per heavy atom. The van der Waals surface area contributed by atoms with E-state index in [9.17, 15) is 4.79 Å². The molecule has 5 heteroatoms. The van der Waals surface area contributed by atoms with Crippen molar-refractivity contribution >= 4 is 11.7 Å². The number of amides is 2. The van der Waals surface area contributed by atoms with Gasteiger partial charge in [-0.1, -0.05) is 51.1 Å². The number of benzene rings is 2. The standard InChI is InChI=1S/C23H32N2O3/c1-5-20(18-11-7-6-8-12-18)25-23(26)24-19-13-14-21(27-4)22(16-19)28-15-9-10-17(2)3/h6-8,11-14,16-17,20H,5,9-10,15H2,1-4H3,(H2,24,25,26). The van der Waals surface area contributed by atoms with E-state index >= 15 is 0 Å². The Morgan fingerprint density at radius 2 is 1.82 bits per heavy atom. The summed E-state index contributed by atoms with van der Waals surface area (Å²) in [5.74, 6) is 1.95. The summed E-state index contributed by atoms with van der Waals surface area (Å²) >= 11 is 0. The van der Waals surface area contributed by atoms with Gasteiger partial charge in [-0.2, -0.15) is 0 Å². The molecule has 0 saturated heterocycles. The molecule has 0 aliphatic heterocycles. The van der Waals surface area contributed by atoms with Crippen LogP contribution in [0.2, 0.25) is 0 Å². The van der Waals surface area contributed by atoms with Gasteiger partial charge in [-0.15, -0.1) is 0 Å². The van der Waals surface area contributed by atoms with Crippen LogP contribution >= 0.6 is 0 Å². The minimum absolute atomic E-state index is 0.0359. The van der Waals surface area contributed by atoms with E-state index in [1.54, 1.807) is 13.2 Å². The van der Waals surface area contributed by atoms with Crippen molar-refractivity contribution in [1.82, 2.24) is 5.32 Å². The highest BCUT2D eigenvalue weighted by Crippen LogP contribution is 2.30. The van der Waals surface area contributed by atoms with Crippen molar-refractivity contribution in [2.24, 2.45) is 5.92 Å². The highest BCUT2D eigenvalue weighted by molar-refractivity contribution is 5.90. The minimum Gasteiger partial charge on any atom is -0.493 e. The molecule has 0 aromatic heterocycles. The molecule has 152 valence electrons. The molecule has 0 radical (unpaired) electrons. The highest BCUT2D eigenvalue weighted by Gasteiger charge is 2.13. The first-order valence-electron chi connectivity index (χ1n) is 9.96. The molecule has 2 rings (SSSR count). The molecule has 0 saturated carbocycles. The van der Waals surface area contributed by atoms with Crippen LogP contribution in [0.4, 0.5) is 10.5 Å². The average Bonchev–Trinajstić information content (AvgIpc) is 2.70. The zero-order valence-corrected chi connectivity index (χ0v) is 17.3. The second-order valence-corrected chi connectivity index (χ2v) is 7.22. The van der Waals surface area contributed by atoms with Gasteiger partial charge in [0.1, 0.15) is 0 Å². The van der Waals surface area contributed by atoms with Crippen LogP contribution < -0.4 is 20.1 Å². The van der Waals surface area contributed by atoms with Crippen LogP contribution in [0.1, 0.15) is 51.6 Å². The van der Waals surface area contributed by atoms with E-state index in [-0.39, 0.29) is 12.1 Å². The molecule has 0 aliphatic carbocycles. The maximum absolute atomic E-state index is 12.5. The molecule has 5 nitrogen and oxygen atoms in total. The van der Waals surface area contributed by atoms with Crippen LogP contribution in [0.5, 0.6) is 11.5 Å². The summed E-state index contributed by atoms with van der Waals surface area (Å²) in [5.41, 5.74) is 1.75. The van der Waals surface area contributed by atoms with Gasteiger partial charge in [0.2, 0.25) is 0 Å². The van der Waals surface area contributed by atoms with Gasteiger partial charge in [0.15, 0.2) is 11.5 Å². The summed E-state index contributed by atoms with van der Waals surface area (Å²) in [6.45, 7) is 7.07. The summed E-state index contributed by atoms with van der Waals surface area (Å²) in [6.07, 6.45) is 2.90. The van der Waals surface area contributed by atoms with Gasteiger partial charge in [0.25, 0.3) is 0 Å². The molecule has 28 heavy (non-hydrogen) atoms. The SMILES string of the molecule is CCC(NC(=O)Nc1ccc(OC)c(OCCCC(C)C)c1)c1ccccc1. The second-order valence-electron chi connectivity index (χ2n) is 7.22.